The van der Waals surface area contributed by atoms with Crippen LogP contribution in [0.2, 0.25) is 0 Å². The average Bonchev–Trinajstić information content (AvgIpc) is 2.46. The van der Waals surface area contributed by atoms with Gasteiger partial charge in [0.1, 0.15) is 0 Å². The third kappa shape index (κ3) is 8.21. The van der Waals surface area contributed by atoms with Crippen molar-refractivity contribution in [1.29, 1.82) is 0 Å². The maximum Gasteiger partial charge on any atom is 0.241 e. The normalized spacial score (nSPS) is 10.6. The minimum atomic E-state index is 0. The highest BCUT2D eigenvalue weighted by Crippen LogP contribution is 2.04. The van der Waals surface area contributed by atoms with Gasteiger partial charge in [-0.15, -0.1) is 24.0 Å². The Morgan fingerprint density at radius 3 is 2.59 bits per heavy atom. The molecule has 0 aromatic heterocycles. The van der Waals surface area contributed by atoms with Gasteiger partial charge in [0.15, 0.2) is 5.96 Å². The van der Waals surface area contributed by atoms with Gasteiger partial charge in [-0.05, 0) is 18.9 Å². The number of aryl methyl sites for hydroxylation is 1. The van der Waals surface area contributed by atoms with E-state index in [4.69, 9.17) is 0 Å². The first-order chi connectivity index (χ1) is 10.0. The van der Waals surface area contributed by atoms with Crippen molar-refractivity contribution in [2.45, 2.75) is 26.8 Å². The molecule has 0 saturated heterocycles. The Hall–Kier alpha value is -1.31. The zero-order valence-electron chi connectivity index (χ0n) is 13.8. The first-order valence-electron chi connectivity index (χ1n) is 7.30. The largest absolute Gasteiger partial charge is 0.356 e. The van der Waals surface area contributed by atoms with Crippen molar-refractivity contribution in [2.75, 3.05) is 27.2 Å². The number of halogens is 1. The SMILES string of the molecule is CCCNC(=NCc1cccc(C)c1)NCC(=O)N(C)C.I. The Kier molecular flexibility index (Phi) is 10.6. The van der Waals surface area contributed by atoms with Crippen molar-refractivity contribution in [2.24, 2.45) is 4.99 Å². The number of guanidine groups is 1. The van der Waals surface area contributed by atoms with Crippen molar-refractivity contribution in [3.63, 3.8) is 0 Å². The standard InChI is InChI=1S/C16H26N4O.HI/c1-5-9-17-16(19-12-15(21)20(3)4)18-11-14-8-6-7-13(2)10-14;/h6-8,10H,5,9,11-12H2,1-4H3,(H2,17,18,19);1H. The van der Waals surface area contributed by atoms with Gasteiger partial charge in [-0.1, -0.05) is 36.8 Å². The smallest absolute Gasteiger partial charge is 0.241 e. The maximum atomic E-state index is 11.6. The van der Waals surface area contributed by atoms with E-state index in [1.165, 1.54) is 5.56 Å². The number of hydrogen-bond acceptors (Lipinski definition) is 2. The molecule has 0 unspecified atom stereocenters. The van der Waals surface area contributed by atoms with Crippen molar-refractivity contribution in [1.82, 2.24) is 15.5 Å². The van der Waals surface area contributed by atoms with Crippen molar-refractivity contribution >= 4 is 35.8 Å². The van der Waals surface area contributed by atoms with E-state index in [1.54, 1.807) is 19.0 Å². The third-order valence-corrected chi connectivity index (χ3v) is 2.95. The number of carbonyl (C=O) groups excluding carboxylic acids is 1. The number of carbonyl (C=O) groups is 1. The fourth-order valence-corrected chi connectivity index (χ4v) is 1.72. The number of amides is 1. The lowest BCUT2D eigenvalue weighted by Crippen LogP contribution is -2.43. The third-order valence-electron chi connectivity index (χ3n) is 2.95. The Bertz CT molecular complexity index is 489. The van der Waals surface area contributed by atoms with Crippen LogP contribution < -0.4 is 10.6 Å². The summed E-state index contributed by atoms with van der Waals surface area (Å²) in [6, 6.07) is 8.27. The molecule has 124 valence electrons. The summed E-state index contributed by atoms with van der Waals surface area (Å²) in [6.07, 6.45) is 1.01. The van der Waals surface area contributed by atoms with E-state index in [0.29, 0.717) is 12.5 Å². The van der Waals surface area contributed by atoms with E-state index in [1.807, 2.05) is 6.07 Å². The van der Waals surface area contributed by atoms with Crippen LogP contribution in [0.3, 0.4) is 0 Å². The molecular weight excluding hydrogens is 391 g/mol. The predicted molar refractivity (Wildman–Crippen MR) is 103 cm³/mol. The first-order valence-corrected chi connectivity index (χ1v) is 7.30. The van der Waals surface area contributed by atoms with E-state index in [2.05, 4.69) is 47.7 Å². The Morgan fingerprint density at radius 1 is 1.27 bits per heavy atom. The quantitative estimate of drug-likeness (QED) is 0.423. The molecule has 2 N–H and O–H groups in total. The minimum Gasteiger partial charge on any atom is -0.356 e. The predicted octanol–water partition coefficient (Wildman–Crippen LogP) is 2.15. The Labute approximate surface area is 150 Å². The number of nitrogens with one attached hydrogen (secondary N) is 2. The highest BCUT2D eigenvalue weighted by Gasteiger charge is 2.05. The number of likely N-dealkylation sites (N-methyl/N-ethyl adjacent to an activating group) is 1. The van der Waals surface area contributed by atoms with Crippen LogP contribution in [0.15, 0.2) is 29.3 Å². The van der Waals surface area contributed by atoms with Crippen LogP contribution in [-0.2, 0) is 11.3 Å². The molecule has 1 rings (SSSR count). The van der Waals surface area contributed by atoms with Gasteiger partial charge >= 0.3 is 0 Å². The monoisotopic (exact) mass is 418 g/mol. The fourth-order valence-electron chi connectivity index (χ4n) is 1.72. The molecule has 0 saturated carbocycles. The van der Waals surface area contributed by atoms with Gasteiger partial charge in [0, 0.05) is 20.6 Å². The Morgan fingerprint density at radius 2 is 2.00 bits per heavy atom. The van der Waals surface area contributed by atoms with E-state index in [9.17, 15) is 4.79 Å². The molecule has 1 aromatic rings. The molecule has 0 aliphatic rings. The molecule has 5 nitrogen and oxygen atoms in total. The van der Waals surface area contributed by atoms with Crippen LogP contribution in [0.4, 0.5) is 0 Å². The van der Waals surface area contributed by atoms with E-state index in [-0.39, 0.29) is 36.4 Å². The molecule has 22 heavy (non-hydrogen) atoms. The lowest BCUT2D eigenvalue weighted by atomic mass is 10.1. The minimum absolute atomic E-state index is 0. The molecule has 0 aliphatic heterocycles. The van der Waals surface area contributed by atoms with Gasteiger partial charge < -0.3 is 15.5 Å². The summed E-state index contributed by atoms with van der Waals surface area (Å²) in [6.45, 7) is 5.83. The average molecular weight is 418 g/mol. The molecule has 0 atom stereocenters. The number of benzene rings is 1. The highest BCUT2D eigenvalue weighted by molar-refractivity contribution is 14.0. The molecule has 0 radical (unpaired) electrons. The van der Waals surface area contributed by atoms with Crippen LogP contribution >= 0.6 is 24.0 Å². The summed E-state index contributed by atoms with van der Waals surface area (Å²) in [5.74, 6) is 0.699. The lowest BCUT2D eigenvalue weighted by Gasteiger charge is -2.14. The number of hydrogen-bond donors (Lipinski definition) is 2. The van der Waals surface area contributed by atoms with Crippen LogP contribution in [0.25, 0.3) is 0 Å². The van der Waals surface area contributed by atoms with Crippen molar-refractivity contribution in [3.8, 4) is 0 Å². The molecule has 1 aromatic carbocycles. The summed E-state index contributed by atoms with van der Waals surface area (Å²) in [7, 11) is 3.49. The maximum absolute atomic E-state index is 11.6. The van der Waals surface area contributed by atoms with Gasteiger partial charge in [0.05, 0.1) is 13.1 Å². The Balaban J connectivity index is 0.00000441. The van der Waals surface area contributed by atoms with Crippen LogP contribution in [0.5, 0.6) is 0 Å². The topological polar surface area (TPSA) is 56.7 Å². The first kappa shape index (κ1) is 20.7. The second kappa shape index (κ2) is 11.3. The van der Waals surface area contributed by atoms with Crippen LogP contribution in [0.1, 0.15) is 24.5 Å². The van der Waals surface area contributed by atoms with Gasteiger partial charge in [0.2, 0.25) is 5.91 Å². The van der Waals surface area contributed by atoms with Crippen LogP contribution in [0, 0.1) is 6.92 Å². The fraction of sp³-hybridized carbons (Fsp3) is 0.500. The summed E-state index contributed by atoms with van der Waals surface area (Å²) in [4.78, 5) is 17.7. The van der Waals surface area contributed by atoms with Crippen molar-refractivity contribution < 1.29 is 4.79 Å². The second-order valence-corrected chi connectivity index (χ2v) is 5.22. The highest BCUT2D eigenvalue weighted by atomic mass is 127. The second-order valence-electron chi connectivity index (χ2n) is 5.22. The number of rotatable bonds is 6. The molecule has 0 aliphatic carbocycles. The van der Waals surface area contributed by atoms with Crippen LogP contribution in [-0.4, -0.2) is 44.0 Å². The van der Waals surface area contributed by atoms with Crippen molar-refractivity contribution in [3.05, 3.63) is 35.4 Å². The summed E-state index contributed by atoms with van der Waals surface area (Å²) < 4.78 is 0. The lowest BCUT2D eigenvalue weighted by molar-refractivity contribution is -0.127. The van der Waals surface area contributed by atoms with Gasteiger partial charge in [0.25, 0.3) is 0 Å². The molecule has 0 fully saturated rings. The number of nitrogens with zero attached hydrogens (tertiary/aromatic N) is 2. The molecule has 0 heterocycles. The molecule has 6 heteroatoms. The van der Waals surface area contributed by atoms with Gasteiger partial charge in [-0.3, -0.25) is 4.79 Å². The summed E-state index contributed by atoms with van der Waals surface area (Å²) in [5, 5.41) is 6.28. The zero-order valence-corrected chi connectivity index (χ0v) is 16.2. The molecule has 0 bridgehead atoms. The summed E-state index contributed by atoms with van der Waals surface area (Å²) in [5.41, 5.74) is 2.38. The van der Waals surface area contributed by atoms with E-state index >= 15 is 0 Å². The number of aliphatic imine (C=N–C) groups is 1. The molecule has 0 spiro atoms. The van der Waals surface area contributed by atoms with Gasteiger partial charge in [-0.25, -0.2) is 4.99 Å². The van der Waals surface area contributed by atoms with Gasteiger partial charge in [-0.2, -0.15) is 0 Å². The zero-order chi connectivity index (χ0) is 15.7. The van der Waals surface area contributed by atoms with E-state index < -0.39 is 0 Å². The molecular formula is C16H27IN4O. The van der Waals surface area contributed by atoms with E-state index in [0.717, 1.165) is 18.5 Å². The summed E-state index contributed by atoms with van der Waals surface area (Å²) >= 11 is 0. The molecule has 1 amide bonds.